The summed E-state index contributed by atoms with van der Waals surface area (Å²) in [7, 11) is 2.18. The summed E-state index contributed by atoms with van der Waals surface area (Å²) < 4.78 is 11.4. The lowest BCUT2D eigenvalue weighted by Crippen LogP contribution is -2.45. The number of likely N-dealkylation sites (N-methyl/N-ethyl adjacent to an activating group) is 1. The van der Waals surface area contributed by atoms with E-state index in [1.165, 1.54) is 0 Å². The van der Waals surface area contributed by atoms with Crippen molar-refractivity contribution in [3.63, 3.8) is 0 Å². The molecule has 0 bridgehead atoms. The van der Waals surface area contributed by atoms with Crippen molar-refractivity contribution >= 4 is 0 Å². The number of benzene rings is 1. The topological polar surface area (TPSA) is 24.9 Å². The zero-order valence-electron chi connectivity index (χ0n) is 12.7. The first-order valence-electron chi connectivity index (χ1n) is 7.54. The van der Waals surface area contributed by atoms with Crippen molar-refractivity contribution in [2.75, 3.05) is 53.0 Å². The number of nitrogens with zero attached hydrogens (tertiary/aromatic N) is 2. The highest BCUT2D eigenvalue weighted by atomic mass is 16.5. The summed E-state index contributed by atoms with van der Waals surface area (Å²) in [4.78, 5) is 4.82. The molecule has 0 spiro atoms. The predicted molar refractivity (Wildman–Crippen MR) is 81.7 cm³/mol. The molecule has 4 heteroatoms. The Hall–Kier alpha value is -1.26. The van der Waals surface area contributed by atoms with E-state index in [0.29, 0.717) is 0 Å². The summed E-state index contributed by atoms with van der Waals surface area (Å²) in [6, 6.07) is 7.92. The molecular formula is C16H26N2O2. The Kier molecular flexibility index (Phi) is 6.15. The highest BCUT2D eigenvalue weighted by Gasteiger charge is 2.13. The van der Waals surface area contributed by atoms with Crippen molar-refractivity contribution < 1.29 is 9.47 Å². The third-order valence-corrected chi connectivity index (χ3v) is 3.55. The lowest BCUT2D eigenvalue weighted by molar-refractivity contribution is 0.133. The molecule has 0 aliphatic carbocycles. The van der Waals surface area contributed by atoms with Gasteiger partial charge in [-0.1, -0.05) is 13.0 Å². The monoisotopic (exact) mass is 278 g/mol. The molecule has 0 aromatic heterocycles. The minimum atomic E-state index is 0.737. The summed E-state index contributed by atoms with van der Waals surface area (Å²) in [5, 5.41) is 0. The molecule has 112 valence electrons. The normalized spacial score (nSPS) is 17.1. The molecule has 0 N–H and O–H groups in total. The molecule has 1 aromatic carbocycles. The van der Waals surface area contributed by atoms with Crippen molar-refractivity contribution in [3.8, 4) is 11.5 Å². The molecule has 0 saturated carbocycles. The fourth-order valence-corrected chi connectivity index (χ4v) is 2.24. The van der Waals surface area contributed by atoms with E-state index in [2.05, 4.69) is 23.8 Å². The quantitative estimate of drug-likeness (QED) is 0.762. The van der Waals surface area contributed by atoms with Gasteiger partial charge >= 0.3 is 0 Å². The summed E-state index contributed by atoms with van der Waals surface area (Å²) in [6.45, 7) is 9.18. The van der Waals surface area contributed by atoms with Crippen molar-refractivity contribution in [1.82, 2.24) is 9.80 Å². The summed E-state index contributed by atoms with van der Waals surface area (Å²) in [5.41, 5.74) is 0. The van der Waals surface area contributed by atoms with Crippen LogP contribution in [0.2, 0.25) is 0 Å². The van der Waals surface area contributed by atoms with Crippen LogP contribution < -0.4 is 9.47 Å². The van der Waals surface area contributed by atoms with Gasteiger partial charge in [0.25, 0.3) is 0 Å². The van der Waals surface area contributed by atoms with Gasteiger partial charge in [0.15, 0.2) is 0 Å². The van der Waals surface area contributed by atoms with Gasteiger partial charge in [-0.15, -0.1) is 0 Å². The van der Waals surface area contributed by atoms with E-state index < -0.39 is 0 Å². The Balaban J connectivity index is 1.70. The molecule has 1 aromatic rings. The Morgan fingerprint density at radius 2 is 1.65 bits per heavy atom. The van der Waals surface area contributed by atoms with Crippen molar-refractivity contribution in [2.24, 2.45) is 0 Å². The maximum Gasteiger partial charge on any atom is 0.123 e. The molecule has 4 nitrogen and oxygen atoms in total. The van der Waals surface area contributed by atoms with Gasteiger partial charge in [0, 0.05) is 38.8 Å². The van der Waals surface area contributed by atoms with Crippen molar-refractivity contribution in [2.45, 2.75) is 13.3 Å². The van der Waals surface area contributed by atoms with Crippen LogP contribution in [-0.4, -0.2) is 62.8 Å². The van der Waals surface area contributed by atoms with E-state index in [0.717, 1.165) is 63.9 Å². The number of rotatable bonds is 7. The van der Waals surface area contributed by atoms with Crippen LogP contribution in [0.25, 0.3) is 0 Å². The lowest BCUT2D eigenvalue weighted by Gasteiger charge is -2.32. The van der Waals surface area contributed by atoms with E-state index in [1.807, 2.05) is 24.3 Å². The second-order valence-corrected chi connectivity index (χ2v) is 5.32. The van der Waals surface area contributed by atoms with E-state index >= 15 is 0 Å². The van der Waals surface area contributed by atoms with Gasteiger partial charge in [-0.25, -0.2) is 0 Å². The van der Waals surface area contributed by atoms with E-state index in [4.69, 9.17) is 9.47 Å². The maximum atomic E-state index is 5.82. The second-order valence-electron chi connectivity index (χ2n) is 5.32. The smallest absolute Gasteiger partial charge is 0.123 e. The highest BCUT2D eigenvalue weighted by molar-refractivity contribution is 5.32. The van der Waals surface area contributed by atoms with Gasteiger partial charge in [0.2, 0.25) is 0 Å². The average Bonchev–Trinajstić information content (AvgIpc) is 2.48. The van der Waals surface area contributed by atoms with Crippen LogP contribution in [0.3, 0.4) is 0 Å². The standard InChI is InChI=1S/C16H26N2O2/c1-3-12-19-15-5-4-6-16(14-15)20-13-11-18-9-7-17(2)8-10-18/h4-6,14H,3,7-13H2,1-2H3. The number of piperazine rings is 1. The first kappa shape index (κ1) is 15.1. The van der Waals surface area contributed by atoms with Crippen LogP contribution in [-0.2, 0) is 0 Å². The molecule has 0 atom stereocenters. The summed E-state index contributed by atoms with van der Waals surface area (Å²) >= 11 is 0. The fraction of sp³-hybridized carbons (Fsp3) is 0.625. The van der Waals surface area contributed by atoms with Gasteiger partial charge in [-0.05, 0) is 25.6 Å². The minimum absolute atomic E-state index is 0.737. The molecule has 20 heavy (non-hydrogen) atoms. The van der Waals surface area contributed by atoms with Gasteiger partial charge < -0.3 is 14.4 Å². The Bertz CT molecular complexity index is 390. The van der Waals surface area contributed by atoms with Crippen LogP contribution in [0.15, 0.2) is 24.3 Å². The number of ether oxygens (including phenoxy) is 2. The van der Waals surface area contributed by atoms with Gasteiger partial charge in [0.1, 0.15) is 18.1 Å². The molecule has 1 fully saturated rings. The van der Waals surface area contributed by atoms with Crippen LogP contribution in [0.1, 0.15) is 13.3 Å². The van der Waals surface area contributed by atoms with E-state index in [-0.39, 0.29) is 0 Å². The zero-order chi connectivity index (χ0) is 14.2. The van der Waals surface area contributed by atoms with Crippen LogP contribution >= 0.6 is 0 Å². The Morgan fingerprint density at radius 1 is 1.00 bits per heavy atom. The summed E-state index contributed by atoms with van der Waals surface area (Å²) in [6.07, 6.45) is 1.02. The number of hydrogen-bond donors (Lipinski definition) is 0. The number of hydrogen-bond acceptors (Lipinski definition) is 4. The van der Waals surface area contributed by atoms with E-state index in [1.54, 1.807) is 0 Å². The minimum Gasteiger partial charge on any atom is -0.493 e. The molecule has 1 aliphatic rings. The first-order valence-corrected chi connectivity index (χ1v) is 7.54. The molecular weight excluding hydrogens is 252 g/mol. The largest absolute Gasteiger partial charge is 0.493 e. The fourth-order valence-electron chi connectivity index (χ4n) is 2.24. The van der Waals surface area contributed by atoms with Crippen molar-refractivity contribution in [3.05, 3.63) is 24.3 Å². The van der Waals surface area contributed by atoms with E-state index in [9.17, 15) is 0 Å². The molecule has 1 aliphatic heterocycles. The second kappa shape index (κ2) is 8.12. The molecule has 1 saturated heterocycles. The summed E-state index contributed by atoms with van der Waals surface area (Å²) in [5.74, 6) is 1.79. The maximum absolute atomic E-state index is 5.82. The zero-order valence-corrected chi connectivity index (χ0v) is 12.7. The van der Waals surface area contributed by atoms with Crippen LogP contribution in [0, 0.1) is 0 Å². The van der Waals surface area contributed by atoms with Crippen LogP contribution in [0.4, 0.5) is 0 Å². The van der Waals surface area contributed by atoms with Gasteiger partial charge in [-0.2, -0.15) is 0 Å². The van der Waals surface area contributed by atoms with Crippen LogP contribution in [0.5, 0.6) is 11.5 Å². The molecule has 0 unspecified atom stereocenters. The predicted octanol–water partition coefficient (Wildman–Crippen LogP) is 2.10. The molecule has 2 rings (SSSR count). The molecule has 0 radical (unpaired) electrons. The highest BCUT2D eigenvalue weighted by Crippen LogP contribution is 2.19. The third-order valence-electron chi connectivity index (χ3n) is 3.55. The molecule has 1 heterocycles. The van der Waals surface area contributed by atoms with Gasteiger partial charge in [0.05, 0.1) is 6.61 Å². The third kappa shape index (κ3) is 5.02. The Labute approximate surface area is 122 Å². The first-order chi connectivity index (χ1) is 9.78. The molecule has 0 amide bonds. The van der Waals surface area contributed by atoms with Gasteiger partial charge in [-0.3, -0.25) is 4.90 Å². The lowest BCUT2D eigenvalue weighted by atomic mass is 10.3. The SMILES string of the molecule is CCCOc1cccc(OCCN2CCN(C)CC2)c1. The van der Waals surface area contributed by atoms with Crippen molar-refractivity contribution in [1.29, 1.82) is 0 Å². The Morgan fingerprint density at radius 3 is 2.30 bits per heavy atom. The average molecular weight is 278 g/mol.